The molecule has 0 saturated carbocycles. The van der Waals surface area contributed by atoms with Gasteiger partial charge in [0.15, 0.2) is 0 Å². The lowest BCUT2D eigenvalue weighted by atomic mass is 9.96. The maximum absolute atomic E-state index is 12.5. The molecule has 5 heteroatoms. The number of hydrogen-bond donors (Lipinski definition) is 1. The lowest BCUT2D eigenvalue weighted by Gasteiger charge is -2.26. The fourth-order valence-electron chi connectivity index (χ4n) is 2.10. The van der Waals surface area contributed by atoms with Gasteiger partial charge in [0.05, 0.1) is 16.2 Å². The third-order valence-electron chi connectivity index (χ3n) is 3.06. The quantitative estimate of drug-likeness (QED) is 0.821. The molecular weight excluding hydrogens is 324 g/mol. The molecule has 19 heavy (non-hydrogen) atoms. The largest absolute Gasteiger partial charge is 0.338 e. The molecule has 0 aliphatic heterocycles. The summed E-state index contributed by atoms with van der Waals surface area (Å²) in [6, 6.07) is 4.08. The van der Waals surface area contributed by atoms with E-state index in [2.05, 4.69) is 35.8 Å². The molecule has 0 bridgehead atoms. The highest BCUT2D eigenvalue weighted by Crippen LogP contribution is 2.24. The van der Waals surface area contributed by atoms with Crippen molar-refractivity contribution in [1.82, 2.24) is 4.90 Å². The standard InChI is InChI=1S/C14H23BrN2OS/c1-4-17(9-12-5-6-13(15)19-12)14(18)11(8-16)7-10(2)3/h5-6,10-11H,4,7-9,16H2,1-3H3. The third-order valence-corrected chi connectivity index (χ3v) is 4.67. The monoisotopic (exact) mass is 346 g/mol. The van der Waals surface area contributed by atoms with Crippen molar-refractivity contribution in [2.45, 2.75) is 33.7 Å². The van der Waals surface area contributed by atoms with Crippen molar-refractivity contribution in [3.8, 4) is 0 Å². The van der Waals surface area contributed by atoms with Crippen molar-refractivity contribution in [2.75, 3.05) is 13.1 Å². The summed E-state index contributed by atoms with van der Waals surface area (Å²) in [5.74, 6) is 0.624. The van der Waals surface area contributed by atoms with E-state index in [1.165, 1.54) is 4.88 Å². The van der Waals surface area contributed by atoms with Crippen molar-refractivity contribution in [1.29, 1.82) is 0 Å². The van der Waals surface area contributed by atoms with E-state index in [0.29, 0.717) is 19.0 Å². The first kappa shape index (κ1) is 16.7. The van der Waals surface area contributed by atoms with E-state index < -0.39 is 0 Å². The summed E-state index contributed by atoms with van der Waals surface area (Å²) < 4.78 is 1.10. The van der Waals surface area contributed by atoms with E-state index >= 15 is 0 Å². The Morgan fingerprint density at radius 2 is 2.16 bits per heavy atom. The molecular formula is C14H23BrN2OS. The number of amides is 1. The number of carbonyl (C=O) groups is 1. The first-order valence-corrected chi connectivity index (χ1v) is 8.31. The SMILES string of the molecule is CCN(Cc1ccc(Br)s1)C(=O)C(CN)CC(C)C. The van der Waals surface area contributed by atoms with Gasteiger partial charge in [0.1, 0.15) is 0 Å². The van der Waals surface area contributed by atoms with Crippen LogP contribution in [0.4, 0.5) is 0 Å². The van der Waals surface area contributed by atoms with Gasteiger partial charge in [-0.3, -0.25) is 4.79 Å². The predicted octanol–water partition coefficient (Wildman–Crippen LogP) is 3.48. The smallest absolute Gasteiger partial charge is 0.227 e. The molecule has 0 saturated heterocycles. The van der Waals surface area contributed by atoms with Crippen LogP contribution in [-0.4, -0.2) is 23.9 Å². The number of nitrogens with two attached hydrogens (primary N) is 1. The zero-order valence-corrected chi connectivity index (χ0v) is 14.3. The van der Waals surface area contributed by atoms with E-state index in [1.54, 1.807) is 11.3 Å². The van der Waals surface area contributed by atoms with Crippen LogP contribution in [0.15, 0.2) is 15.9 Å². The Labute approximate surface area is 128 Å². The maximum Gasteiger partial charge on any atom is 0.227 e. The summed E-state index contributed by atoms with van der Waals surface area (Å²) in [6.45, 7) is 8.11. The first-order chi connectivity index (χ1) is 8.97. The van der Waals surface area contributed by atoms with E-state index in [9.17, 15) is 4.79 Å². The number of rotatable bonds is 7. The van der Waals surface area contributed by atoms with E-state index in [4.69, 9.17) is 5.73 Å². The highest BCUT2D eigenvalue weighted by atomic mass is 79.9. The summed E-state index contributed by atoms with van der Waals surface area (Å²) in [6.07, 6.45) is 0.861. The second-order valence-corrected chi connectivity index (χ2v) is 7.67. The van der Waals surface area contributed by atoms with E-state index in [0.717, 1.165) is 16.8 Å². The van der Waals surface area contributed by atoms with E-state index in [-0.39, 0.29) is 11.8 Å². The zero-order valence-electron chi connectivity index (χ0n) is 11.9. The number of halogens is 1. The summed E-state index contributed by atoms with van der Waals surface area (Å²) >= 11 is 5.13. The Bertz CT molecular complexity index is 406. The molecule has 1 rings (SSSR count). The van der Waals surface area contributed by atoms with Gasteiger partial charge in [0, 0.05) is 18.0 Å². The topological polar surface area (TPSA) is 46.3 Å². The molecule has 1 amide bonds. The summed E-state index contributed by atoms with van der Waals surface area (Å²) in [5, 5.41) is 0. The molecule has 3 nitrogen and oxygen atoms in total. The van der Waals surface area contributed by atoms with Gasteiger partial charge in [0.25, 0.3) is 0 Å². The summed E-state index contributed by atoms with van der Waals surface area (Å²) in [7, 11) is 0. The van der Waals surface area contributed by atoms with Crippen molar-refractivity contribution in [3.63, 3.8) is 0 Å². The minimum Gasteiger partial charge on any atom is -0.338 e. The van der Waals surface area contributed by atoms with Crippen LogP contribution >= 0.6 is 27.3 Å². The lowest BCUT2D eigenvalue weighted by Crippen LogP contribution is -2.39. The lowest BCUT2D eigenvalue weighted by molar-refractivity contribution is -0.136. The second kappa shape index (κ2) is 8.02. The normalized spacial score (nSPS) is 12.7. The van der Waals surface area contributed by atoms with Crippen LogP contribution in [0, 0.1) is 11.8 Å². The number of nitrogens with zero attached hydrogens (tertiary/aromatic N) is 1. The fraction of sp³-hybridized carbons (Fsp3) is 0.643. The molecule has 0 aliphatic rings. The van der Waals surface area contributed by atoms with Crippen molar-refractivity contribution in [3.05, 3.63) is 20.8 Å². The minimum atomic E-state index is -0.0525. The van der Waals surface area contributed by atoms with E-state index in [1.807, 2.05) is 17.9 Å². The number of hydrogen-bond acceptors (Lipinski definition) is 3. The molecule has 0 fully saturated rings. The Balaban J connectivity index is 2.69. The van der Waals surface area contributed by atoms with Crippen LogP contribution in [0.2, 0.25) is 0 Å². The molecule has 0 radical (unpaired) electrons. The Morgan fingerprint density at radius 3 is 2.58 bits per heavy atom. The Morgan fingerprint density at radius 1 is 1.47 bits per heavy atom. The van der Waals surface area contributed by atoms with Crippen LogP contribution in [0.25, 0.3) is 0 Å². The molecule has 1 aromatic heterocycles. The highest BCUT2D eigenvalue weighted by Gasteiger charge is 2.23. The van der Waals surface area contributed by atoms with Gasteiger partial charge in [0.2, 0.25) is 5.91 Å². The zero-order chi connectivity index (χ0) is 14.4. The average molecular weight is 347 g/mol. The molecule has 2 N–H and O–H groups in total. The summed E-state index contributed by atoms with van der Waals surface area (Å²) in [4.78, 5) is 15.6. The molecule has 1 unspecified atom stereocenters. The van der Waals surface area contributed by atoms with Gasteiger partial charge in [-0.15, -0.1) is 11.3 Å². The molecule has 1 aromatic rings. The molecule has 0 spiro atoms. The second-order valence-electron chi connectivity index (χ2n) is 5.12. The van der Waals surface area contributed by atoms with Gasteiger partial charge < -0.3 is 10.6 Å². The van der Waals surface area contributed by atoms with Crippen LogP contribution in [0.3, 0.4) is 0 Å². The van der Waals surface area contributed by atoms with Gasteiger partial charge in [-0.25, -0.2) is 0 Å². The number of thiophene rings is 1. The molecule has 108 valence electrons. The molecule has 1 heterocycles. The molecule has 1 atom stereocenters. The highest BCUT2D eigenvalue weighted by molar-refractivity contribution is 9.11. The van der Waals surface area contributed by atoms with Gasteiger partial charge in [-0.1, -0.05) is 13.8 Å². The average Bonchev–Trinajstić information content (AvgIpc) is 2.77. The molecule has 0 aromatic carbocycles. The minimum absolute atomic E-state index is 0.0525. The fourth-order valence-corrected chi connectivity index (χ4v) is 3.59. The first-order valence-electron chi connectivity index (χ1n) is 6.71. The predicted molar refractivity (Wildman–Crippen MR) is 85.1 cm³/mol. The third kappa shape index (κ3) is 5.24. The molecule has 0 aliphatic carbocycles. The van der Waals surface area contributed by atoms with Gasteiger partial charge >= 0.3 is 0 Å². The van der Waals surface area contributed by atoms with Crippen LogP contribution < -0.4 is 5.73 Å². The van der Waals surface area contributed by atoms with Crippen LogP contribution in [0.1, 0.15) is 32.1 Å². The van der Waals surface area contributed by atoms with Crippen LogP contribution in [-0.2, 0) is 11.3 Å². The van der Waals surface area contributed by atoms with Gasteiger partial charge in [-0.2, -0.15) is 0 Å². The van der Waals surface area contributed by atoms with Crippen molar-refractivity contribution < 1.29 is 4.79 Å². The van der Waals surface area contributed by atoms with Crippen molar-refractivity contribution in [2.24, 2.45) is 17.6 Å². The Kier molecular flexibility index (Phi) is 7.04. The van der Waals surface area contributed by atoms with Crippen LogP contribution in [0.5, 0.6) is 0 Å². The van der Waals surface area contributed by atoms with Gasteiger partial charge in [-0.05, 0) is 47.3 Å². The Hall–Kier alpha value is -0.390. The summed E-state index contributed by atoms with van der Waals surface area (Å²) in [5.41, 5.74) is 5.76. The van der Waals surface area contributed by atoms with Crippen molar-refractivity contribution >= 4 is 33.2 Å². The maximum atomic E-state index is 12.5. The number of carbonyl (C=O) groups excluding carboxylic acids is 1.